The Labute approximate surface area is 148 Å². The first-order valence-corrected chi connectivity index (χ1v) is 8.18. The van der Waals surface area contributed by atoms with Crippen LogP contribution in [0.4, 0.5) is 0 Å². The summed E-state index contributed by atoms with van der Waals surface area (Å²) < 4.78 is 5.41. The number of carbonyl (C=O) groups excluding carboxylic acids is 2. The fourth-order valence-corrected chi connectivity index (χ4v) is 2.19. The van der Waals surface area contributed by atoms with Crippen LogP contribution in [-0.2, 0) is 4.79 Å². The quantitative estimate of drug-likeness (QED) is 0.593. The van der Waals surface area contributed by atoms with Crippen LogP contribution in [-0.4, -0.2) is 84.2 Å². The molecular formula is C18H28N2O5. The number of aliphatic hydroxyl groups excluding tert-OH is 2. The van der Waals surface area contributed by atoms with Crippen LogP contribution in [0.3, 0.4) is 0 Å². The molecule has 0 unspecified atom stereocenters. The number of Topliss-reactive ketones (excluding diaryl/α,β-unsaturated/α-hetero) is 1. The maximum absolute atomic E-state index is 12.7. The van der Waals surface area contributed by atoms with Crippen molar-refractivity contribution in [3.05, 3.63) is 29.8 Å². The predicted molar refractivity (Wildman–Crippen MR) is 94.8 cm³/mol. The third kappa shape index (κ3) is 5.81. The smallest absolute Gasteiger partial charge is 0.260 e. The largest absolute Gasteiger partial charge is 0.484 e. The van der Waals surface area contributed by atoms with Crippen molar-refractivity contribution in [3.8, 4) is 5.75 Å². The lowest BCUT2D eigenvalue weighted by Crippen LogP contribution is -2.49. The molecule has 0 aliphatic carbocycles. The van der Waals surface area contributed by atoms with Crippen molar-refractivity contribution in [2.24, 2.45) is 0 Å². The number of ketones is 1. The normalized spacial score (nSPS) is 11.5. The van der Waals surface area contributed by atoms with E-state index in [1.165, 1.54) is 4.90 Å². The average molecular weight is 352 g/mol. The van der Waals surface area contributed by atoms with E-state index in [-0.39, 0.29) is 38.1 Å². The first-order chi connectivity index (χ1) is 11.7. The van der Waals surface area contributed by atoms with Gasteiger partial charge in [-0.1, -0.05) is 0 Å². The molecule has 0 heterocycles. The van der Waals surface area contributed by atoms with Gasteiger partial charge in [-0.25, -0.2) is 0 Å². The van der Waals surface area contributed by atoms with Gasteiger partial charge in [0.25, 0.3) is 5.91 Å². The van der Waals surface area contributed by atoms with Crippen molar-refractivity contribution >= 4 is 11.7 Å². The SMILES string of the molecule is CN(CCO)C(=O)COc1ccc(C(=O)C(C)(C)N(C)CCO)cc1. The summed E-state index contributed by atoms with van der Waals surface area (Å²) in [7, 11) is 3.38. The van der Waals surface area contributed by atoms with Crippen molar-refractivity contribution in [1.29, 1.82) is 0 Å². The van der Waals surface area contributed by atoms with E-state index < -0.39 is 5.54 Å². The summed E-state index contributed by atoms with van der Waals surface area (Å²) >= 11 is 0. The summed E-state index contributed by atoms with van der Waals surface area (Å²) in [4.78, 5) is 27.6. The van der Waals surface area contributed by atoms with Crippen molar-refractivity contribution < 1.29 is 24.5 Å². The number of rotatable bonds is 10. The summed E-state index contributed by atoms with van der Waals surface area (Å²) in [5.74, 6) is 0.193. The summed E-state index contributed by atoms with van der Waals surface area (Å²) in [5.41, 5.74) is -0.209. The van der Waals surface area contributed by atoms with Gasteiger partial charge in [0, 0.05) is 25.7 Å². The second kappa shape index (κ2) is 9.50. The number of nitrogens with zero attached hydrogens (tertiary/aromatic N) is 2. The zero-order valence-corrected chi connectivity index (χ0v) is 15.4. The minimum absolute atomic E-state index is 0.0151. The molecule has 0 aromatic heterocycles. The zero-order valence-electron chi connectivity index (χ0n) is 15.4. The van der Waals surface area contributed by atoms with E-state index in [0.29, 0.717) is 17.9 Å². The molecule has 7 nitrogen and oxygen atoms in total. The van der Waals surface area contributed by atoms with Crippen molar-refractivity contribution in [2.45, 2.75) is 19.4 Å². The Morgan fingerprint density at radius 1 is 1.04 bits per heavy atom. The number of amides is 1. The Morgan fingerprint density at radius 2 is 1.60 bits per heavy atom. The van der Waals surface area contributed by atoms with E-state index in [0.717, 1.165) is 0 Å². The van der Waals surface area contributed by atoms with Crippen LogP contribution in [0.5, 0.6) is 5.75 Å². The molecule has 25 heavy (non-hydrogen) atoms. The van der Waals surface area contributed by atoms with Crippen molar-refractivity contribution in [2.75, 3.05) is 47.0 Å². The fraction of sp³-hybridized carbons (Fsp3) is 0.556. The highest BCUT2D eigenvalue weighted by atomic mass is 16.5. The minimum Gasteiger partial charge on any atom is -0.484 e. The van der Waals surface area contributed by atoms with Gasteiger partial charge in [0.15, 0.2) is 12.4 Å². The molecule has 7 heteroatoms. The second-order valence-electron chi connectivity index (χ2n) is 6.39. The topological polar surface area (TPSA) is 90.3 Å². The molecule has 140 valence electrons. The lowest BCUT2D eigenvalue weighted by molar-refractivity contribution is -0.132. The summed E-state index contributed by atoms with van der Waals surface area (Å²) in [6, 6.07) is 6.62. The monoisotopic (exact) mass is 352 g/mol. The van der Waals surface area contributed by atoms with Gasteiger partial charge in [-0.2, -0.15) is 0 Å². The Bertz CT molecular complexity index is 571. The molecule has 0 fully saturated rings. The third-order valence-electron chi connectivity index (χ3n) is 4.29. The van der Waals surface area contributed by atoms with Gasteiger partial charge in [0.05, 0.1) is 18.8 Å². The fourth-order valence-electron chi connectivity index (χ4n) is 2.19. The van der Waals surface area contributed by atoms with Gasteiger partial charge < -0.3 is 19.8 Å². The predicted octanol–water partition coefficient (Wildman–Crippen LogP) is 0.402. The first kappa shape index (κ1) is 21.1. The number of hydrogen-bond acceptors (Lipinski definition) is 6. The van der Waals surface area contributed by atoms with Gasteiger partial charge in [-0.3, -0.25) is 14.5 Å². The van der Waals surface area contributed by atoms with Gasteiger partial charge >= 0.3 is 0 Å². The summed E-state index contributed by atoms with van der Waals surface area (Å²) in [6.07, 6.45) is 0. The molecule has 0 bridgehead atoms. The molecule has 0 saturated carbocycles. The Hall–Kier alpha value is -1.96. The van der Waals surface area contributed by atoms with Crippen LogP contribution in [0.1, 0.15) is 24.2 Å². The van der Waals surface area contributed by atoms with Crippen molar-refractivity contribution in [1.82, 2.24) is 9.80 Å². The molecule has 0 aliphatic rings. The number of likely N-dealkylation sites (N-methyl/N-ethyl adjacent to an activating group) is 2. The zero-order chi connectivity index (χ0) is 19.0. The van der Waals surface area contributed by atoms with Crippen LogP contribution < -0.4 is 4.74 Å². The molecule has 0 spiro atoms. The number of β-amino-alcohol motifs (C(OH)–C–C–N with tert-alkyl or cyclic N) is 1. The number of carbonyl (C=O) groups is 2. The van der Waals surface area contributed by atoms with E-state index in [2.05, 4.69) is 0 Å². The van der Waals surface area contributed by atoms with Gasteiger partial charge in [-0.15, -0.1) is 0 Å². The molecular weight excluding hydrogens is 324 g/mol. The Kier molecular flexibility index (Phi) is 8.02. The minimum atomic E-state index is -0.742. The number of aliphatic hydroxyl groups is 2. The first-order valence-electron chi connectivity index (χ1n) is 8.18. The lowest BCUT2D eigenvalue weighted by Gasteiger charge is -2.33. The standard InChI is InChI=1S/C18H28N2O5/c1-18(2,20(4)10-12-22)17(24)14-5-7-15(8-6-14)25-13-16(23)19(3)9-11-21/h5-8,21-22H,9-13H2,1-4H3. The maximum Gasteiger partial charge on any atom is 0.260 e. The third-order valence-corrected chi connectivity index (χ3v) is 4.29. The lowest BCUT2D eigenvalue weighted by atomic mass is 9.91. The van der Waals surface area contributed by atoms with Crippen LogP contribution in [0.15, 0.2) is 24.3 Å². The molecule has 1 rings (SSSR count). The summed E-state index contributed by atoms with van der Waals surface area (Å²) in [5, 5.41) is 17.9. The maximum atomic E-state index is 12.7. The number of ether oxygens (including phenoxy) is 1. The molecule has 0 aliphatic heterocycles. The van der Waals surface area contributed by atoms with Crippen LogP contribution >= 0.6 is 0 Å². The van der Waals surface area contributed by atoms with Gasteiger partial charge in [0.1, 0.15) is 5.75 Å². The van der Waals surface area contributed by atoms with Gasteiger partial charge in [-0.05, 0) is 45.2 Å². The number of benzene rings is 1. The highest BCUT2D eigenvalue weighted by Gasteiger charge is 2.32. The van der Waals surface area contributed by atoms with Crippen molar-refractivity contribution in [3.63, 3.8) is 0 Å². The van der Waals surface area contributed by atoms with Crippen LogP contribution in [0, 0.1) is 0 Å². The molecule has 0 radical (unpaired) electrons. The Morgan fingerprint density at radius 3 is 2.12 bits per heavy atom. The van der Waals surface area contributed by atoms with E-state index in [1.807, 2.05) is 13.8 Å². The summed E-state index contributed by atoms with van der Waals surface area (Å²) in [6.45, 7) is 4.04. The molecule has 0 saturated heterocycles. The highest BCUT2D eigenvalue weighted by Crippen LogP contribution is 2.21. The molecule has 0 atom stereocenters. The average Bonchev–Trinajstić information content (AvgIpc) is 2.59. The van der Waals surface area contributed by atoms with E-state index in [1.54, 1.807) is 43.3 Å². The number of hydrogen-bond donors (Lipinski definition) is 2. The molecule has 1 aromatic carbocycles. The Balaban J connectivity index is 2.70. The van der Waals surface area contributed by atoms with Crippen LogP contribution in [0.25, 0.3) is 0 Å². The second-order valence-corrected chi connectivity index (χ2v) is 6.39. The van der Waals surface area contributed by atoms with E-state index in [4.69, 9.17) is 14.9 Å². The van der Waals surface area contributed by atoms with E-state index >= 15 is 0 Å². The molecule has 1 aromatic rings. The van der Waals surface area contributed by atoms with E-state index in [9.17, 15) is 9.59 Å². The van der Waals surface area contributed by atoms with Gasteiger partial charge in [0.2, 0.25) is 0 Å². The highest BCUT2D eigenvalue weighted by molar-refractivity contribution is 6.02. The van der Waals surface area contributed by atoms with Crippen LogP contribution in [0.2, 0.25) is 0 Å². The molecule has 1 amide bonds. The molecule has 2 N–H and O–H groups in total.